The van der Waals surface area contributed by atoms with Gasteiger partial charge in [0.05, 0.1) is 0 Å². The van der Waals surface area contributed by atoms with E-state index in [0.29, 0.717) is 0 Å². The molecule has 1 heterocycles. The molecular formula is C8H16S. The van der Waals surface area contributed by atoms with Crippen molar-refractivity contribution in [2.75, 3.05) is 0 Å². The summed E-state index contributed by atoms with van der Waals surface area (Å²) in [6, 6.07) is 0. The van der Waals surface area contributed by atoms with Crippen molar-refractivity contribution in [1.29, 1.82) is 0 Å². The van der Waals surface area contributed by atoms with Crippen LogP contribution in [0.15, 0.2) is 0 Å². The second-order valence-electron chi connectivity index (χ2n) is 2.93. The summed E-state index contributed by atoms with van der Waals surface area (Å²) >= 11 is 2.19. The fraction of sp³-hybridized carbons (Fsp3) is 1.00. The summed E-state index contributed by atoms with van der Waals surface area (Å²) in [6.07, 6.45) is 5.73. The van der Waals surface area contributed by atoms with E-state index in [1.165, 1.54) is 25.7 Å². The molecule has 0 bridgehead atoms. The van der Waals surface area contributed by atoms with E-state index in [4.69, 9.17) is 0 Å². The maximum atomic E-state index is 2.35. The Kier molecular flexibility index (Phi) is 2.90. The highest BCUT2D eigenvalue weighted by Gasteiger charge is 2.20. The summed E-state index contributed by atoms with van der Waals surface area (Å²) in [7, 11) is 0. The lowest BCUT2D eigenvalue weighted by molar-refractivity contribution is 0.684. The van der Waals surface area contributed by atoms with Gasteiger partial charge in [-0.05, 0) is 19.3 Å². The number of hydrogen-bond donors (Lipinski definition) is 0. The minimum absolute atomic E-state index is 0.946. The van der Waals surface area contributed by atoms with Gasteiger partial charge in [-0.1, -0.05) is 20.3 Å². The van der Waals surface area contributed by atoms with Gasteiger partial charge in [0.25, 0.3) is 0 Å². The summed E-state index contributed by atoms with van der Waals surface area (Å²) in [5, 5.41) is 1.95. The molecule has 0 saturated carbocycles. The van der Waals surface area contributed by atoms with Crippen molar-refractivity contribution in [1.82, 2.24) is 0 Å². The van der Waals surface area contributed by atoms with E-state index in [9.17, 15) is 0 Å². The Labute approximate surface area is 62.4 Å². The summed E-state index contributed by atoms with van der Waals surface area (Å²) in [6.45, 7) is 4.63. The van der Waals surface area contributed by atoms with Crippen LogP contribution in [0, 0.1) is 0 Å². The van der Waals surface area contributed by atoms with Gasteiger partial charge in [-0.15, -0.1) is 0 Å². The topological polar surface area (TPSA) is 0 Å². The van der Waals surface area contributed by atoms with Crippen LogP contribution in [0.5, 0.6) is 0 Å². The molecule has 54 valence electrons. The van der Waals surface area contributed by atoms with Crippen LogP contribution in [-0.4, -0.2) is 10.5 Å². The molecule has 0 aromatic heterocycles. The van der Waals surface area contributed by atoms with Crippen molar-refractivity contribution in [3.8, 4) is 0 Å². The maximum Gasteiger partial charge on any atom is 0.00500 e. The van der Waals surface area contributed by atoms with Crippen LogP contribution in [0.25, 0.3) is 0 Å². The summed E-state index contributed by atoms with van der Waals surface area (Å²) < 4.78 is 0. The fourth-order valence-electron chi connectivity index (χ4n) is 1.42. The monoisotopic (exact) mass is 144 g/mol. The molecule has 0 unspecified atom stereocenters. The smallest absolute Gasteiger partial charge is 0.00500 e. The third kappa shape index (κ3) is 2.21. The minimum Gasteiger partial charge on any atom is -0.155 e. The van der Waals surface area contributed by atoms with Gasteiger partial charge < -0.3 is 0 Å². The zero-order valence-electron chi connectivity index (χ0n) is 6.39. The predicted molar refractivity (Wildman–Crippen MR) is 45.0 cm³/mol. The Morgan fingerprint density at radius 1 is 1.44 bits per heavy atom. The van der Waals surface area contributed by atoms with Gasteiger partial charge in [0.1, 0.15) is 0 Å². The fourth-order valence-corrected chi connectivity index (χ4v) is 2.99. The Bertz CT molecular complexity index is 78.6. The van der Waals surface area contributed by atoms with Gasteiger partial charge >= 0.3 is 0 Å². The minimum atomic E-state index is 0.946. The number of hydrogen-bond acceptors (Lipinski definition) is 1. The van der Waals surface area contributed by atoms with E-state index >= 15 is 0 Å². The van der Waals surface area contributed by atoms with Crippen LogP contribution in [-0.2, 0) is 0 Å². The highest BCUT2D eigenvalue weighted by Crippen LogP contribution is 2.35. The van der Waals surface area contributed by atoms with Crippen LogP contribution >= 0.6 is 11.8 Å². The molecule has 1 rings (SSSR count). The van der Waals surface area contributed by atoms with E-state index in [1.54, 1.807) is 0 Å². The summed E-state index contributed by atoms with van der Waals surface area (Å²) in [4.78, 5) is 0. The lowest BCUT2D eigenvalue weighted by atomic mass is 10.1. The maximum absolute atomic E-state index is 2.35. The lowest BCUT2D eigenvalue weighted by Crippen LogP contribution is -1.94. The van der Waals surface area contributed by atoms with E-state index < -0.39 is 0 Å². The van der Waals surface area contributed by atoms with E-state index in [-0.39, 0.29) is 0 Å². The molecule has 0 spiro atoms. The molecule has 0 radical (unpaired) electrons. The first kappa shape index (κ1) is 7.46. The molecule has 1 fully saturated rings. The second-order valence-corrected chi connectivity index (χ2v) is 4.68. The summed E-state index contributed by atoms with van der Waals surface area (Å²) in [5.74, 6) is 0. The number of thioether (sulfide) groups is 1. The van der Waals surface area contributed by atoms with Gasteiger partial charge in [-0.3, -0.25) is 0 Å². The quantitative estimate of drug-likeness (QED) is 0.574. The van der Waals surface area contributed by atoms with Gasteiger partial charge in [0, 0.05) is 10.5 Å². The molecular weight excluding hydrogens is 128 g/mol. The van der Waals surface area contributed by atoms with Gasteiger partial charge in [0.2, 0.25) is 0 Å². The van der Waals surface area contributed by atoms with Crippen molar-refractivity contribution < 1.29 is 0 Å². The van der Waals surface area contributed by atoms with Gasteiger partial charge in [0.15, 0.2) is 0 Å². The Hall–Kier alpha value is 0.350. The Balaban J connectivity index is 2.14. The SMILES string of the molecule is CCC[C@H]1CC[C@@H](C)S1. The molecule has 0 amide bonds. The molecule has 0 N–H and O–H groups in total. The largest absolute Gasteiger partial charge is 0.155 e. The molecule has 0 aromatic rings. The average Bonchev–Trinajstić information content (AvgIpc) is 2.17. The third-order valence-corrected chi connectivity index (χ3v) is 3.49. The molecule has 0 aromatic carbocycles. The standard InChI is InChI=1S/C8H16S/c1-3-4-8-6-5-7(2)9-8/h7-8H,3-6H2,1-2H3/t7-,8+/m1/s1. The van der Waals surface area contributed by atoms with Crippen molar-refractivity contribution in [2.24, 2.45) is 0 Å². The average molecular weight is 144 g/mol. The van der Waals surface area contributed by atoms with Gasteiger partial charge in [-0.2, -0.15) is 11.8 Å². The molecule has 1 aliphatic heterocycles. The Morgan fingerprint density at radius 2 is 2.22 bits per heavy atom. The second kappa shape index (κ2) is 3.50. The van der Waals surface area contributed by atoms with Crippen molar-refractivity contribution in [3.05, 3.63) is 0 Å². The summed E-state index contributed by atoms with van der Waals surface area (Å²) in [5.41, 5.74) is 0. The zero-order chi connectivity index (χ0) is 6.69. The van der Waals surface area contributed by atoms with Crippen molar-refractivity contribution >= 4 is 11.8 Å². The van der Waals surface area contributed by atoms with Crippen molar-refractivity contribution in [2.45, 2.75) is 50.0 Å². The van der Waals surface area contributed by atoms with Gasteiger partial charge in [-0.25, -0.2) is 0 Å². The molecule has 1 saturated heterocycles. The highest BCUT2D eigenvalue weighted by molar-refractivity contribution is 8.00. The molecule has 9 heavy (non-hydrogen) atoms. The molecule has 0 aliphatic carbocycles. The van der Waals surface area contributed by atoms with Crippen LogP contribution in [0.2, 0.25) is 0 Å². The molecule has 1 aliphatic rings. The third-order valence-electron chi connectivity index (χ3n) is 1.93. The van der Waals surface area contributed by atoms with Crippen LogP contribution in [0.3, 0.4) is 0 Å². The lowest BCUT2D eigenvalue weighted by Gasteiger charge is -2.05. The first-order valence-electron chi connectivity index (χ1n) is 3.98. The van der Waals surface area contributed by atoms with Crippen LogP contribution in [0.4, 0.5) is 0 Å². The molecule has 2 atom stereocenters. The molecule has 1 heteroatoms. The zero-order valence-corrected chi connectivity index (χ0v) is 7.21. The first-order chi connectivity index (χ1) is 4.33. The van der Waals surface area contributed by atoms with Crippen molar-refractivity contribution in [3.63, 3.8) is 0 Å². The Morgan fingerprint density at radius 3 is 2.67 bits per heavy atom. The highest BCUT2D eigenvalue weighted by atomic mass is 32.2. The van der Waals surface area contributed by atoms with Crippen LogP contribution < -0.4 is 0 Å². The normalized spacial score (nSPS) is 35.3. The number of rotatable bonds is 2. The molecule has 0 nitrogen and oxygen atoms in total. The van der Waals surface area contributed by atoms with E-state index in [0.717, 1.165) is 10.5 Å². The predicted octanol–water partition coefficient (Wildman–Crippen LogP) is 3.07. The van der Waals surface area contributed by atoms with Crippen LogP contribution in [0.1, 0.15) is 39.5 Å². The van der Waals surface area contributed by atoms with E-state index in [2.05, 4.69) is 25.6 Å². The first-order valence-corrected chi connectivity index (χ1v) is 4.92. The van der Waals surface area contributed by atoms with E-state index in [1.807, 2.05) is 0 Å².